The van der Waals surface area contributed by atoms with E-state index in [1.165, 1.54) is 0 Å². The van der Waals surface area contributed by atoms with E-state index in [1.807, 2.05) is 113 Å². The number of benzene rings is 6. The van der Waals surface area contributed by atoms with Gasteiger partial charge in [-0.15, -0.1) is 0 Å². The highest BCUT2D eigenvalue weighted by Crippen LogP contribution is 2.53. The van der Waals surface area contributed by atoms with Crippen LogP contribution < -0.4 is 19.6 Å². The molecule has 2 heterocycles. The van der Waals surface area contributed by atoms with Gasteiger partial charge in [0.05, 0.1) is 81.1 Å². The summed E-state index contributed by atoms with van der Waals surface area (Å²) in [6.07, 6.45) is 0. The first-order valence-electron chi connectivity index (χ1n) is 16.6. The Bertz CT molecular complexity index is 2290. The molecule has 0 amide bonds. The van der Waals surface area contributed by atoms with Crippen LogP contribution in [0.1, 0.15) is 22.3 Å². The maximum Gasteiger partial charge on any atom is 0.192 e. The van der Waals surface area contributed by atoms with Crippen LogP contribution in [0.2, 0.25) is 0 Å². The number of hydrogen-bond donors (Lipinski definition) is 0. The van der Waals surface area contributed by atoms with Crippen LogP contribution in [0, 0.1) is 49.7 Å². The molecule has 2 aliphatic rings. The molecule has 0 N–H and O–H groups in total. The van der Waals surface area contributed by atoms with Crippen LogP contribution in [0.5, 0.6) is 0 Å². The summed E-state index contributed by atoms with van der Waals surface area (Å²) in [6.45, 7) is 18.6. The van der Waals surface area contributed by atoms with Crippen LogP contribution in [0.3, 0.4) is 0 Å². The SMILES string of the molecule is [C-]#[N+]c1cc(N2c3ccccc3N(C)c3ccccc32)c(C#N)cc1C.[C-]#[N+]c1cc(N2c3ccccc3N(C)c3ccccc32)c(C#N)cc1C. The van der Waals surface area contributed by atoms with Crippen molar-refractivity contribution in [2.45, 2.75) is 13.8 Å². The van der Waals surface area contributed by atoms with Gasteiger partial charge in [0.25, 0.3) is 0 Å². The Morgan fingerprint density at radius 3 is 0.962 bits per heavy atom. The Morgan fingerprint density at radius 2 is 0.712 bits per heavy atom. The van der Waals surface area contributed by atoms with E-state index in [2.05, 4.69) is 65.7 Å². The van der Waals surface area contributed by atoms with Crippen molar-refractivity contribution < 1.29 is 0 Å². The number of anilines is 10. The Hall–Kier alpha value is -7.52. The molecule has 0 saturated carbocycles. The predicted octanol–water partition coefficient (Wildman–Crippen LogP) is 11.9. The van der Waals surface area contributed by atoms with E-state index in [0.29, 0.717) is 22.5 Å². The van der Waals surface area contributed by atoms with E-state index in [1.54, 1.807) is 12.1 Å². The third-order valence-electron chi connectivity index (χ3n) is 9.53. The topological polar surface area (TPSA) is 69.3 Å². The molecule has 0 bridgehead atoms. The van der Waals surface area contributed by atoms with Crippen molar-refractivity contribution in [3.05, 3.63) is 166 Å². The van der Waals surface area contributed by atoms with E-state index in [4.69, 9.17) is 13.1 Å². The molecule has 8 nitrogen and oxygen atoms in total. The highest BCUT2D eigenvalue weighted by molar-refractivity contribution is 6.00. The predicted molar refractivity (Wildman–Crippen MR) is 210 cm³/mol. The van der Waals surface area contributed by atoms with Gasteiger partial charge < -0.3 is 19.6 Å². The molecule has 248 valence electrons. The molecule has 2 aliphatic heterocycles. The van der Waals surface area contributed by atoms with Gasteiger partial charge in [0.1, 0.15) is 12.1 Å². The van der Waals surface area contributed by atoms with Crippen molar-refractivity contribution in [2.75, 3.05) is 33.7 Å². The molecule has 52 heavy (non-hydrogen) atoms. The number of nitrogens with zero attached hydrogens (tertiary/aromatic N) is 8. The molecule has 6 aromatic carbocycles. The Morgan fingerprint density at radius 1 is 0.442 bits per heavy atom. The summed E-state index contributed by atoms with van der Waals surface area (Å²) in [6, 6.07) is 44.2. The van der Waals surface area contributed by atoms with Crippen molar-refractivity contribution in [1.29, 1.82) is 10.5 Å². The number of hydrogen-bond acceptors (Lipinski definition) is 6. The second-order valence-corrected chi connectivity index (χ2v) is 12.5. The third kappa shape index (κ3) is 5.39. The van der Waals surface area contributed by atoms with Crippen molar-refractivity contribution >= 4 is 68.2 Å². The van der Waals surface area contributed by atoms with Gasteiger partial charge in [0.15, 0.2) is 11.4 Å². The monoisotopic (exact) mass is 672 g/mol. The Labute approximate surface area is 304 Å². The van der Waals surface area contributed by atoms with Crippen molar-refractivity contribution in [1.82, 2.24) is 0 Å². The third-order valence-corrected chi connectivity index (χ3v) is 9.53. The molecular formula is C44H32N8. The lowest BCUT2D eigenvalue weighted by atomic mass is 10.0. The minimum absolute atomic E-state index is 0.559. The van der Waals surface area contributed by atoms with Crippen LogP contribution in [0.4, 0.5) is 68.2 Å². The smallest absolute Gasteiger partial charge is 0.192 e. The summed E-state index contributed by atoms with van der Waals surface area (Å²) in [4.78, 5) is 15.7. The summed E-state index contributed by atoms with van der Waals surface area (Å²) in [7, 11) is 4.08. The highest BCUT2D eigenvalue weighted by atomic mass is 15.3. The number of nitriles is 2. The van der Waals surface area contributed by atoms with E-state index in [9.17, 15) is 10.5 Å². The van der Waals surface area contributed by atoms with Gasteiger partial charge in [-0.3, -0.25) is 0 Å². The van der Waals surface area contributed by atoms with Crippen LogP contribution in [0.25, 0.3) is 9.69 Å². The molecule has 0 unspecified atom stereocenters. The van der Waals surface area contributed by atoms with E-state index in [0.717, 1.165) is 68.0 Å². The minimum Gasteiger partial charge on any atom is -0.341 e. The largest absolute Gasteiger partial charge is 0.341 e. The lowest BCUT2D eigenvalue weighted by Crippen LogP contribution is -2.24. The second kappa shape index (κ2) is 13.4. The molecular weight excluding hydrogens is 641 g/mol. The fourth-order valence-electron chi connectivity index (χ4n) is 6.95. The van der Waals surface area contributed by atoms with Crippen molar-refractivity contribution in [2.24, 2.45) is 0 Å². The van der Waals surface area contributed by atoms with Gasteiger partial charge >= 0.3 is 0 Å². The summed E-state index contributed by atoms with van der Waals surface area (Å²) in [5.41, 5.74) is 13.5. The van der Waals surface area contributed by atoms with Crippen molar-refractivity contribution in [3.63, 3.8) is 0 Å². The number of para-hydroxylation sites is 8. The van der Waals surface area contributed by atoms with Gasteiger partial charge in [0, 0.05) is 14.1 Å². The molecule has 0 atom stereocenters. The van der Waals surface area contributed by atoms with Crippen LogP contribution >= 0.6 is 0 Å². The molecule has 8 rings (SSSR count). The highest BCUT2D eigenvalue weighted by Gasteiger charge is 2.30. The lowest BCUT2D eigenvalue weighted by molar-refractivity contribution is 1.12. The van der Waals surface area contributed by atoms with Crippen LogP contribution in [-0.4, -0.2) is 14.1 Å². The zero-order chi connectivity index (χ0) is 36.5. The molecule has 0 spiro atoms. The first kappa shape index (κ1) is 33.0. The molecule has 0 radical (unpaired) electrons. The molecule has 6 aromatic rings. The van der Waals surface area contributed by atoms with E-state index < -0.39 is 0 Å². The fourth-order valence-corrected chi connectivity index (χ4v) is 6.95. The normalized spacial score (nSPS) is 12.0. The van der Waals surface area contributed by atoms with Gasteiger partial charge in [-0.2, -0.15) is 10.5 Å². The maximum atomic E-state index is 9.72. The number of aryl methyl sites for hydroxylation is 2. The van der Waals surface area contributed by atoms with Gasteiger partial charge in [-0.25, -0.2) is 9.69 Å². The van der Waals surface area contributed by atoms with Crippen LogP contribution in [-0.2, 0) is 0 Å². The van der Waals surface area contributed by atoms with E-state index in [-0.39, 0.29) is 0 Å². The zero-order valence-corrected chi connectivity index (χ0v) is 29.1. The summed E-state index contributed by atoms with van der Waals surface area (Å²) >= 11 is 0. The quantitative estimate of drug-likeness (QED) is 0.171. The number of rotatable bonds is 2. The standard InChI is InChI=1S/2C22H16N4/c2*1-15-12-16(14-23)22(13-17(15)24-2)26-20-10-6-4-8-18(20)25(3)19-9-5-7-11-21(19)26/h2*4-13H,1,3H3. The van der Waals surface area contributed by atoms with Gasteiger partial charge in [0.2, 0.25) is 0 Å². The van der Waals surface area contributed by atoms with Crippen molar-refractivity contribution in [3.8, 4) is 12.1 Å². The number of fused-ring (bicyclic) bond motifs is 4. The Kier molecular flexibility index (Phi) is 8.51. The summed E-state index contributed by atoms with van der Waals surface area (Å²) in [5.74, 6) is 0. The molecule has 0 aliphatic carbocycles. The maximum absolute atomic E-state index is 9.72. The lowest BCUT2D eigenvalue weighted by Gasteiger charge is -2.39. The summed E-state index contributed by atoms with van der Waals surface area (Å²) in [5, 5.41) is 19.4. The molecule has 8 heteroatoms. The molecule has 0 fully saturated rings. The first-order valence-corrected chi connectivity index (χ1v) is 16.6. The summed E-state index contributed by atoms with van der Waals surface area (Å²) < 4.78 is 0. The van der Waals surface area contributed by atoms with Gasteiger partial charge in [-0.1, -0.05) is 48.5 Å². The Balaban J connectivity index is 0.000000162. The second-order valence-electron chi connectivity index (χ2n) is 12.5. The molecule has 0 saturated heterocycles. The molecule has 0 aromatic heterocycles. The average molecular weight is 673 g/mol. The average Bonchev–Trinajstić information content (AvgIpc) is 3.19. The van der Waals surface area contributed by atoms with Crippen LogP contribution in [0.15, 0.2) is 121 Å². The minimum atomic E-state index is 0.559. The van der Waals surface area contributed by atoms with E-state index >= 15 is 0 Å². The zero-order valence-electron chi connectivity index (χ0n) is 29.1. The van der Waals surface area contributed by atoms with Gasteiger partial charge in [-0.05, 0) is 97.8 Å². The fraction of sp³-hybridized carbons (Fsp3) is 0.0909. The first-order chi connectivity index (χ1) is 25.3.